The van der Waals surface area contributed by atoms with Gasteiger partial charge in [-0.05, 0) is 49.8 Å². The highest BCUT2D eigenvalue weighted by molar-refractivity contribution is 6.33. The molecule has 2 aromatic heterocycles. The van der Waals surface area contributed by atoms with Gasteiger partial charge in [-0.2, -0.15) is 0 Å². The molecule has 0 spiro atoms. The van der Waals surface area contributed by atoms with Crippen molar-refractivity contribution < 1.29 is 32.5 Å². The number of amides is 1. The fourth-order valence-corrected chi connectivity index (χ4v) is 5.07. The average molecular weight is 534 g/mol. The summed E-state index contributed by atoms with van der Waals surface area (Å²) < 4.78 is 37.6. The van der Waals surface area contributed by atoms with E-state index in [0.29, 0.717) is 33.6 Å². The van der Waals surface area contributed by atoms with Gasteiger partial charge in [0.2, 0.25) is 11.8 Å². The molecular weight excluding hydrogens is 508 g/mol. The molecule has 37 heavy (non-hydrogen) atoms. The van der Waals surface area contributed by atoms with Crippen LogP contribution in [0.25, 0.3) is 11.5 Å². The molecule has 196 valence electrons. The van der Waals surface area contributed by atoms with E-state index in [1.54, 1.807) is 18.2 Å². The quantitative estimate of drug-likeness (QED) is 0.299. The zero-order chi connectivity index (χ0) is 26.3. The lowest BCUT2D eigenvalue weighted by molar-refractivity contribution is -0.137. The Balaban J connectivity index is 1.39. The Morgan fingerprint density at radius 2 is 1.95 bits per heavy atom. The number of hydrogen-bond acceptors (Lipinski definition) is 6. The minimum absolute atomic E-state index is 0.0234. The molecule has 2 aliphatic rings. The first kappa shape index (κ1) is 25.4. The summed E-state index contributed by atoms with van der Waals surface area (Å²) in [6.45, 7) is 1.89. The number of aliphatic carboxylic acids is 1. The highest BCUT2D eigenvalue weighted by atomic mass is 35.5. The standard InChI is InChI=1S/C26H26ClF2N3O5/c1-13-2-6-18(17(27)8-13)30-21(33)9-15(5-7-22(34)35)24-23(14-3-4-14)25(37-32-24)19-10-20(36-31-19)16-11-26(28,29)12-16/h2,6,8,10,14-16H,3-5,7,9,11-12H2,1H3,(H,30,33)(H,34,35)/t15-/m0/s1. The minimum atomic E-state index is -2.68. The first-order chi connectivity index (χ1) is 17.6. The molecule has 3 aromatic rings. The van der Waals surface area contributed by atoms with Crippen molar-refractivity contribution in [2.24, 2.45) is 0 Å². The van der Waals surface area contributed by atoms with Crippen molar-refractivity contribution in [3.63, 3.8) is 0 Å². The number of rotatable bonds is 10. The van der Waals surface area contributed by atoms with E-state index in [4.69, 9.17) is 20.6 Å². The summed E-state index contributed by atoms with van der Waals surface area (Å²) in [5, 5.41) is 20.8. The zero-order valence-corrected chi connectivity index (χ0v) is 20.9. The summed E-state index contributed by atoms with van der Waals surface area (Å²) in [5.41, 5.74) is 3.07. The first-order valence-electron chi connectivity index (χ1n) is 12.2. The van der Waals surface area contributed by atoms with Crippen LogP contribution in [0, 0.1) is 6.92 Å². The van der Waals surface area contributed by atoms with Crippen LogP contribution < -0.4 is 5.32 Å². The van der Waals surface area contributed by atoms with Crippen LogP contribution in [0.5, 0.6) is 0 Å². The van der Waals surface area contributed by atoms with Gasteiger partial charge in [-0.15, -0.1) is 0 Å². The van der Waals surface area contributed by atoms with Crippen LogP contribution in [0.2, 0.25) is 5.02 Å². The van der Waals surface area contributed by atoms with Crippen LogP contribution in [0.4, 0.5) is 14.5 Å². The van der Waals surface area contributed by atoms with Crippen molar-refractivity contribution in [2.75, 3.05) is 5.32 Å². The molecule has 0 bridgehead atoms. The lowest BCUT2D eigenvalue weighted by Crippen LogP contribution is -2.33. The Hall–Kier alpha value is -3.27. The molecule has 0 aliphatic heterocycles. The summed E-state index contributed by atoms with van der Waals surface area (Å²) in [6, 6.07) is 6.89. The topological polar surface area (TPSA) is 118 Å². The summed E-state index contributed by atoms with van der Waals surface area (Å²) in [4.78, 5) is 24.3. The van der Waals surface area contributed by atoms with Crippen LogP contribution in [-0.4, -0.2) is 33.2 Å². The molecule has 1 amide bonds. The fourth-order valence-electron chi connectivity index (χ4n) is 4.79. The predicted molar refractivity (Wildman–Crippen MR) is 130 cm³/mol. The third kappa shape index (κ3) is 5.69. The van der Waals surface area contributed by atoms with Crippen LogP contribution in [0.1, 0.15) is 85.3 Å². The third-order valence-electron chi connectivity index (χ3n) is 6.92. The summed E-state index contributed by atoms with van der Waals surface area (Å²) >= 11 is 6.25. The average Bonchev–Trinajstić information content (AvgIpc) is 3.36. The van der Waals surface area contributed by atoms with E-state index >= 15 is 0 Å². The molecule has 1 aromatic carbocycles. The number of hydrogen-bond donors (Lipinski definition) is 2. The number of aromatic nitrogens is 2. The maximum Gasteiger partial charge on any atom is 0.303 e. The van der Waals surface area contributed by atoms with E-state index in [0.717, 1.165) is 24.0 Å². The molecule has 0 radical (unpaired) electrons. The number of carboxylic acid groups (broad SMARTS) is 1. The summed E-state index contributed by atoms with van der Waals surface area (Å²) in [7, 11) is 0. The Morgan fingerprint density at radius 3 is 2.59 bits per heavy atom. The van der Waals surface area contributed by atoms with Gasteiger partial charge in [0.15, 0.2) is 11.5 Å². The Morgan fingerprint density at radius 1 is 1.19 bits per heavy atom. The Labute approximate surface area is 216 Å². The van der Waals surface area contributed by atoms with E-state index in [1.165, 1.54) is 0 Å². The number of carbonyl (C=O) groups is 2. The molecule has 2 N–H and O–H groups in total. The fraction of sp³-hybridized carbons (Fsp3) is 0.462. The van der Waals surface area contributed by atoms with Gasteiger partial charge in [0.1, 0.15) is 5.76 Å². The van der Waals surface area contributed by atoms with E-state index in [1.807, 2.05) is 13.0 Å². The molecular formula is C26H26ClF2N3O5. The van der Waals surface area contributed by atoms with E-state index in [9.17, 15) is 23.5 Å². The summed E-state index contributed by atoms with van der Waals surface area (Å²) in [5.74, 6) is -4.04. The van der Waals surface area contributed by atoms with E-state index in [2.05, 4.69) is 15.6 Å². The first-order valence-corrected chi connectivity index (χ1v) is 12.6. The molecule has 5 rings (SSSR count). The second-order valence-electron chi connectivity index (χ2n) is 10.0. The number of halogens is 3. The highest BCUT2D eigenvalue weighted by Gasteiger charge is 2.48. The predicted octanol–water partition coefficient (Wildman–Crippen LogP) is 6.66. The van der Waals surface area contributed by atoms with Crippen molar-refractivity contribution in [2.45, 2.75) is 75.5 Å². The Bertz CT molecular complexity index is 1330. The Kier molecular flexibility index (Phi) is 6.78. The van der Waals surface area contributed by atoms with Gasteiger partial charge in [0, 0.05) is 49.1 Å². The number of anilines is 1. The van der Waals surface area contributed by atoms with Crippen molar-refractivity contribution >= 4 is 29.2 Å². The molecule has 2 heterocycles. The number of nitrogens with zero attached hydrogens (tertiary/aromatic N) is 2. The van der Waals surface area contributed by atoms with Gasteiger partial charge in [0.05, 0.1) is 16.4 Å². The monoisotopic (exact) mass is 533 g/mol. The zero-order valence-electron chi connectivity index (χ0n) is 20.1. The molecule has 0 saturated heterocycles. The third-order valence-corrected chi connectivity index (χ3v) is 7.23. The number of nitrogens with one attached hydrogen (secondary N) is 1. The lowest BCUT2D eigenvalue weighted by atomic mass is 9.79. The highest BCUT2D eigenvalue weighted by Crippen LogP contribution is 2.51. The maximum absolute atomic E-state index is 13.3. The summed E-state index contributed by atoms with van der Waals surface area (Å²) in [6.07, 6.45) is 1.21. The molecule has 2 saturated carbocycles. The number of alkyl halides is 2. The smallest absolute Gasteiger partial charge is 0.303 e. The van der Waals surface area contributed by atoms with Crippen molar-refractivity contribution in [1.29, 1.82) is 0 Å². The van der Waals surface area contributed by atoms with Crippen molar-refractivity contribution in [3.8, 4) is 11.5 Å². The number of benzene rings is 1. The minimum Gasteiger partial charge on any atom is -0.481 e. The lowest BCUT2D eigenvalue weighted by Gasteiger charge is -2.32. The van der Waals surface area contributed by atoms with Gasteiger partial charge in [0.25, 0.3) is 0 Å². The van der Waals surface area contributed by atoms with E-state index in [-0.39, 0.29) is 43.9 Å². The number of carbonyl (C=O) groups excluding carboxylic acids is 1. The SMILES string of the molecule is Cc1ccc(NC(=O)C[C@H](CCC(=O)O)c2noc(-c3cc(C4CC(F)(F)C4)on3)c2C2CC2)c(Cl)c1. The van der Waals surface area contributed by atoms with Crippen LogP contribution in [-0.2, 0) is 9.59 Å². The molecule has 11 heteroatoms. The van der Waals surface area contributed by atoms with Gasteiger partial charge in [-0.3, -0.25) is 9.59 Å². The molecule has 1 atom stereocenters. The van der Waals surface area contributed by atoms with E-state index < -0.39 is 23.7 Å². The van der Waals surface area contributed by atoms with Crippen molar-refractivity contribution in [1.82, 2.24) is 10.3 Å². The maximum atomic E-state index is 13.3. The molecule has 8 nitrogen and oxygen atoms in total. The van der Waals surface area contributed by atoms with Gasteiger partial charge in [-0.1, -0.05) is 28.0 Å². The largest absolute Gasteiger partial charge is 0.481 e. The van der Waals surface area contributed by atoms with Gasteiger partial charge < -0.3 is 19.5 Å². The molecule has 0 unspecified atom stereocenters. The van der Waals surface area contributed by atoms with Crippen LogP contribution in [0.3, 0.4) is 0 Å². The second kappa shape index (κ2) is 9.89. The molecule has 2 aliphatic carbocycles. The molecule has 2 fully saturated rings. The second-order valence-corrected chi connectivity index (χ2v) is 10.4. The number of carboxylic acids is 1. The van der Waals surface area contributed by atoms with Gasteiger partial charge in [-0.25, -0.2) is 8.78 Å². The number of aryl methyl sites for hydroxylation is 1. The van der Waals surface area contributed by atoms with Gasteiger partial charge >= 0.3 is 5.97 Å². The normalized spacial score (nSPS) is 17.8. The van der Waals surface area contributed by atoms with Crippen molar-refractivity contribution in [3.05, 3.63) is 51.9 Å². The van der Waals surface area contributed by atoms with Crippen LogP contribution in [0.15, 0.2) is 33.3 Å². The van der Waals surface area contributed by atoms with Crippen LogP contribution >= 0.6 is 11.6 Å².